The third kappa shape index (κ3) is 4.59. The van der Waals surface area contributed by atoms with Gasteiger partial charge in [0.25, 0.3) is 5.56 Å². The summed E-state index contributed by atoms with van der Waals surface area (Å²) in [6.07, 6.45) is 1.98. The van der Waals surface area contributed by atoms with Gasteiger partial charge in [-0.15, -0.1) is 0 Å². The molecule has 1 N–H and O–H groups in total. The average molecular weight is 371 g/mol. The van der Waals surface area contributed by atoms with Crippen LogP contribution in [0, 0.1) is 6.92 Å². The number of nitrogens with zero attached hydrogens (tertiary/aromatic N) is 1. The normalized spacial score (nSPS) is 11.5. The van der Waals surface area contributed by atoms with Crippen molar-refractivity contribution in [3.8, 4) is 5.75 Å². The maximum atomic E-state index is 12.4. The smallest absolute Gasteiger partial charge is 0.250 e. The van der Waals surface area contributed by atoms with E-state index >= 15 is 0 Å². The van der Waals surface area contributed by atoms with Gasteiger partial charge in [0, 0.05) is 25.4 Å². The van der Waals surface area contributed by atoms with E-state index in [4.69, 9.17) is 16.3 Å². The number of benzene rings is 1. The number of methoxy groups -OCH3 is 1. The molecule has 0 saturated heterocycles. The molecule has 24 heavy (non-hydrogen) atoms. The van der Waals surface area contributed by atoms with E-state index in [2.05, 4.69) is 4.72 Å². The van der Waals surface area contributed by atoms with Gasteiger partial charge < -0.3 is 9.30 Å². The topological polar surface area (TPSA) is 77.4 Å². The summed E-state index contributed by atoms with van der Waals surface area (Å²) in [4.78, 5) is 11.8. The summed E-state index contributed by atoms with van der Waals surface area (Å²) in [7, 11) is -2.26. The van der Waals surface area contributed by atoms with Crippen molar-refractivity contribution in [2.75, 3.05) is 13.7 Å². The fourth-order valence-electron chi connectivity index (χ4n) is 2.20. The maximum Gasteiger partial charge on any atom is 0.250 e. The first kappa shape index (κ1) is 18.5. The minimum atomic E-state index is -3.69. The highest BCUT2D eigenvalue weighted by Gasteiger charge is 2.19. The molecular formula is C16H19ClN2O4S. The Kier molecular flexibility index (Phi) is 6.04. The number of halogens is 1. The molecule has 2 aromatic rings. The number of rotatable bonds is 7. The molecule has 0 unspecified atom stereocenters. The van der Waals surface area contributed by atoms with Gasteiger partial charge in [0.15, 0.2) is 0 Å². The molecule has 130 valence electrons. The highest BCUT2D eigenvalue weighted by atomic mass is 35.5. The number of aromatic nitrogens is 1. The zero-order valence-electron chi connectivity index (χ0n) is 13.5. The molecule has 0 saturated carbocycles. The molecule has 0 aliphatic heterocycles. The van der Waals surface area contributed by atoms with Crippen molar-refractivity contribution in [1.29, 1.82) is 0 Å². The van der Waals surface area contributed by atoms with Gasteiger partial charge in [0.1, 0.15) is 10.6 Å². The Morgan fingerprint density at radius 1 is 1.25 bits per heavy atom. The average Bonchev–Trinajstić information content (AvgIpc) is 2.54. The Balaban J connectivity index is 2.02. The van der Waals surface area contributed by atoms with Crippen LogP contribution in [0.1, 0.15) is 12.0 Å². The molecular weight excluding hydrogens is 352 g/mol. The van der Waals surface area contributed by atoms with Gasteiger partial charge in [-0.25, -0.2) is 13.1 Å². The third-order valence-corrected chi connectivity index (χ3v) is 5.13. The number of pyridine rings is 1. The van der Waals surface area contributed by atoms with Crippen LogP contribution in [0.4, 0.5) is 0 Å². The first-order valence-electron chi connectivity index (χ1n) is 7.34. The predicted octanol–water partition coefficient (Wildman–Crippen LogP) is 2.19. The lowest BCUT2D eigenvalue weighted by Gasteiger charge is -2.12. The van der Waals surface area contributed by atoms with Crippen LogP contribution in [0.15, 0.2) is 46.2 Å². The number of aryl methyl sites for hydroxylation is 2. The van der Waals surface area contributed by atoms with E-state index in [0.29, 0.717) is 23.7 Å². The van der Waals surface area contributed by atoms with E-state index in [1.54, 1.807) is 18.2 Å². The second-order valence-electron chi connectivity index (χ2n) is 5.28. The lowest BCUT2D eigenvalue weighted by atomic mass is 10.2. The summed E-state index contributed by atoms with van der Waals surface area (Å²) < 4.78 is 33.9. The Morgan fingerprint density at radius 3 is 2.71 bits per heavy atom. The molecule has 0 aliphatic rings. The van der Waals surface area contributed by atoms with Gasteiger partial charge in [0.2, 0.25) is 10.0 Å². The number of hydrogen-bond donors (Lipinski definition) is 1. The van der Waals surface area contributed by atoms with Crippen molar-refractivity contribution in [2.24, 2.45) is 0 Å². The zero-order chi connectivity index (χ0) is 17.7. The maximum absolute atomic E-state index is 12.4. The fraction of sp³-hybridized carbons (Fsp3) is 0.312. The van der Waals surface area contributed by atoms with Gasteiger partial charge in [-0.3, -0.25) is 4.79 Å². The second kappa shape index (κ2) is 7.83. The Labute approximate surface area is 146 Å². The minimum Gasteiger partial charge on any atom is -0.495 e. The van der Waals surface area contributed by atoms with Gasteiger partial charge >= 0.3 is 0 Å². The van der Waals surface area contributed by atoms with Gasteiger partial charge in [-0.05, 0) is 37.1 Å². The van der Waals surface area contributed by atoms with E-state index in [1.807, 2.05) is 6.92 Å². The zero-order valence-corrected chi connectivity index (χ0v) is 15.0. The van der Waals surface area contributed by atoms with Crippen LogP contribution in [0.5, 0.6) is 5.75 Å². The predicted molar refractivity (Wildman–Crippen MR) is 93.2 cm³/mol. The van der Waals surface area contributed by atoms with Crippen molar-refractivity contribution in [3.05, 3.63) is 57.5 Å². The number of nitrogens with one attached hydrogen (secondary N) is 1. The summed E-state index contributed by atoms with van der Waals surface area (Å²) in [5, 5.41) is 0.458. The molecule has 0 bridgehead atoms. The van der Waals surface area contributed by atoms with Crippen LogP contribution in [-0.2, 0) is 16.6 Å². The molecule has 0 atom stereocenters. The van der Waals surface area contributed by atoms with Crippen LogP contribution >= 0.6 is 11.6 Å². The lowest BCUT2D eigenvalue weighted by Crippen LogP contribution is -2.27. The number of hydrogen-bond acceptors (Lipinski definition) is 4. The molecule has 2 rings (SSSR count). The van der Waals surface area contributed by atoms with Crippen LogP contribution in [0.2, 0.25) is 5.02 Å². The van der Waals surface area contributed by atoms with E-state index in [-0.39, 0.29) is 17.0 Å². The highest BCUT2D eigenvalue weighted by Crippen LogP contribution is 2.24. The van der Waals surface area contributed by atoms with E-state index < -0.39 is 10.0 Å². The first-order valence-corrected chi connectivity index (χ1v) is 9.20. The van der Waals surface area contributed by atoms with Crippen molar-refractivity contribution < 1.29 is 13.2 Å². The second-order valence-corrected chi connectivity index (χ2v) is 7.46. The molecule has 0 radical (unpaired) electrons. The van der Waals surface area contributed by atoms with E-state index in [9.17, 15) is 13.2 Å². The van der Waals surface area contributed by atoms with Crippen LogP contribution in [0.25, 0.3) is 0 Å². The van der Waals surface area contributed by atoms with E-state index in [1.165, 1.54) is 30.0 Å². The summed E-state index contributed by atoms with van der Waals surface area (Å²) in [6.45, 7) is 2.37. The molecule has 0 spiro atoms. The van der Waals surface area contributed by atoms with Crippen LogP contribution in [0.3, 0.4) is 0 Å². The van der Waals surface area contributed by atoms with E-state index in [0.717, 1.165) is 5.56 Å². The van der Waals surface area contributed by atoms with Crippen molar-refractivity contribution in [2.45, 2.75) is 24.8 Å². The highest BCUT2D eigenvalue weighted by molar-refractivity contribution is 7.89. The van der Waals surface area contributed by atoms with Gasteiger partial charge in [-0.1, -0.05) is 17.7 Å². The third-order valence-electron chi connectivity index (χ3n) is 3.42. The SMILES string of the molecule is COc1ccc(C)cc1S(=O)(=O)NCCCn1cc(Cl)ccc1=O. The molecule has 0 fully saturated rings. The summed E-state index contributed by atoms with van der Waals surface area (Å²) >= 11 is 5.85. The van der Waals surface area contributed by atoms with Crippen molar-refractivity contribution in [1.82, 2.24) is 9.29 Å². The van der Waals surface area contributed by atoms with Crippen molar-refractivity contribution in [3.63, 3.8) is 0 Å². The molecule has 1 heterocycles. The molecule has 0 aliphatic carbocycles. The Hall–Kier alpha value is -1.83. The largest absolute Gasteiger partial charge is 0.495 e. The monoisotopic (exact) mass is 370 g/mol. The number of sulfonamides is 1. The molecule has 8 heteroatoms. The first-order chi connectivity index (χ1) is 11.3. The quantitative estimate of drug-likeness (QED) is 0.758. The molecule has 1 aromatic carbocycles. The molecule has 1 aromatic heterocycles. The van der Waals surface area contributed by atoms with Gasteiger partial charge in [0.05, 0.1) is 12.1 Å². The summed E-state index contributed by atoms with van der Waals surface area (Å²) in [5.41, 5.74) is 0.643. The Morgan fingerprint density at radius 2 is 2.00 bits per heavy atom. The summed E-state index contributed by atoms with van der Waals surface area (Å²) in [6, 6.07) is 7.86. The van der Waals surface area contributed by atoms with Gasteiger partial charge in [-0.2, -0.15) is 0 Å². The van der Waals surface area contributed by atoms with Crippen LogP contribution < -0.4 is 15.0 Å². The minimum absolute atomic E-state index is 0.102. The lowest BCUT2D eigenvalue weighted by molar-refractivity contribution is 0.402. The molecule has 0 amide bonds. The Bertz CT molecular complexity index is 878. The standard InChI is InChI=1S/C16H19ClN2O4S/c1-12-4-6-14(23-2)15(10-12)24(21,22)18-8-3-9-19-11-13(17)5-7-16(19)20/h4-7,10-11,18H,3,8-9H2,1-2H3. The molecule has 6 nitrogen and oxygen atoms in total. The summed E-state index contributed by atoms with van der Waals surface area (Å²) in [5.74, 6) is 0.291. The number of ether oxygens (including phenoxy) is 1. The van der Waals surface area contributed by atoms with Crippen molar-refractivity contribution >= 4 is 21.6 Å². The van der Waals surface area contributed by atoms with Crippen LogP contribution in [-0.4, -0.2) is 26.6 Å². The fourth-order valence-corrected chi connectivity index (χ4v) is 3.71.